The summed E-state index contributed by atoms with van der Waals surface area (Å²) in [6.07, 6.45) is 2.47. The number of nitriles is 1. The number of hydrogen-bond acceptors (Lipinski definition) is 11. The summed E-state index contributed by atoms with van der Waals surface area (Å²) in [4.78, 5) is 51.2. The van der Waals surface area contributed by atoms with Crippen LogP contribution in [0.15, 0.2) is 71.8 Å². The molecule has 0 saturated heterocycles. The van der Waals surface area contributed by atoms with Crippen molar-refractivity contribution in [1.82, 2.24) is 24.3 Å². The number of hydrogen-bond donors (Lipinski definition) is 0. The fourth-order valence-corrected chi connectivity index (χ4v) is 6.59. The van der Waals surface area contributed by atoms with Crippen LogP contribution in [0.2, 0.25) is 5.02 Å². The Morgan fingerprint density at radius 3 is 2.30 bits per heavy atom. The highest BCUT2D eigenvalue weighted by Crippen LogP contribution is 2.39. The topological polar surface area (TPSA) is 164 Å². The molecule has 0 aliphatic heterocycles. The van der Waals surface area contributed by atoms with Crippen molar-refractivity contribution in [3.63, 3.8) is 0 Å². The van der Waals surface area contributed by atoms with Crippen LogP contribution < -0.4 is 19.9 Å². The third kappa shape index (κ3) is 9.61. The number of ether oxygens (including phenoxy) is 4. The lowest BCUT2D eigenvalue weighted by Crippen LogP contribution is -2.35. The Labute approximate surface area is 336 Å². The number of carbonyl (C=O) groups is 2. The second kappa shape index (κ2) is 17.7. The van der Waals surface area contributed by atoms with Crippen LogP contribution in [0, 0.1) is 11.3 Å². The van der Waals surface area contributed by atoms with Crippen LogP contribution in [0.1, 0.15) is 97.4 Å². The van der Waals surface area contributed by atoms with Crippen LogP contribution in [0.5, 0.6) is 11.6 Å². The van der Waals surface area contributed by atoms with Crippen molar-refractivity contribution in [3.05, 3.63) is 122 Å². The van der Waals surface area contributed by atoms with E-state index < -0.39 is 23.6 Å². The molecule has 0 N–H and O–H groups in total. The highest BCUT2D eigenvalue weighted by atomic mass is 35.5. The number of pyridine rings is 1. The molecule has 0 bridgehead atoms. The number of methoxy groups -OCH3 is 2. The van der Waals surface area contributed by atoms with Gasteiger partial charge in [-0.3, -0.25) is 4.79 Å². The molecular weight excluding hydrogens is 750 g/mol. The van der Waals surface area contributed by atoms with E-state index in [1.807, 2.05) is 38.1 Å². The molecule has 0 aliphatic carbocycles. The molecule has 0 aliphatic rings. The zero-order valence-corrected chi connectivity index (χ0v) is 34.2. The van der Waals surface area contributed by atoms with E-state index in [1.165, 1.54) is 20.4 Å². The summed E-state index contributed by atoms with van der Waals surface area (Å²) in [6.45, 7) is 11.2. The Bertz CT molecular complexity index is 2340. The number of halogens is 1. The molecule has 0 saturated carbocycles. The monoisotopic (exact) mass is 795 g/mol. The van der Waals surface area contributed by atoms with Gasteiger partial charge in [-0.1, -0.05) is 49.7 Å². The van der Waals surface area contributed by atoms with Crippen molar-refractivity contribution in [2.75, 3.05) is 32.8 Å². The van der Waals surface area contributed by atoms with Crippen molar-refractivity contribution < 1.29 is 28.5 Å². The second-order valence-electron chi connectivity index (χ2n) is 14.5. The van der Waals surface area contributed by atoms with Gasteiger partial charge in [0.2, 0.25) is 11.8 Å². The van der Waals surface area contributed by atoms with Gasteiger partial charge in [0.15, 0.2) is 5.69 Å². The number of carbonyl (C=O) groups excluding carboxylic acids is 2. The molecule has 3 aromatic heterocycles. The molecule has 1 amide bonds. The van der Waals surface area contributed by atoms with Crippen molar-refractivity contribution >= 4 is 29.6 Å². The zero-order valence-electron chi connectivity index (χ0n) is 33.5. The Hall–Kier alpha value is -6.20. The minimum atomic E-state index is -0.753. The van der Waals surface area contributed by atoms with Crippen LogP contribution in [-0.4, -0.2) is 69.9 Å². The average molecular weight is 796 g/mol. The summed E-state index contributed by atoms with van der Waals surface area (Å²) < 4.78 is 25.2. The Morgan fingerprint density at radius 1 is 1.04 bits per heavy atom. The van der Waals surface area contributed by atoms with Gasteiger partial charge in [-0.2, -0.15) is 15.3 Å². The van der Waals surface area contributed by atoms with E-state index in [-0.39, 0.29) is 54.3 Å². The maximum atomic E-state index is 14.3. The molecule has 5 rings (SSSR count). The molecule has 5 aromatic rings. The highest BCUT2D eigenvalue weighted by Gasteiger charge is 2.34. The van der Waals surface area contributed by atoms with Crippen LogP contribution in [0.25, 0.3) is 5.69 Å². The smallest absolute Gasteiger partial charge is 0.416 e. The molecule has 1 atom stereocenters. The van der Waals surface area contributed by atoms with Crippen LogP contribution in [-0.2, 0) is 22.4 Å². The van der Waals surface area contributed by atoms with Gasteiger partial charge in [-0.05, 0) is 81.5 Å². The van der Waals surface area contributed by atoms with E-state index in [0.29, 0.717) is 38.7 Å². The third-order valence-corrected chi connectivity index (χ3v) is 9.15. The molecule has 0 spiro atoms. The highest BCUT2D eigenvalue weighted by molar-refractivity contribution is 6.30. The minimum absolute atomic E-state index is 0.00694. The number of esters is 1. The lowest BCUT2D eigenvalue weighted by atomic mass is 9.82. The van der Waals surface area contributed by atoms with Crippen LogP contribution >= 0.6 is 11.6 Å². The quantitative estimate of drug-likeness (QED) is 0.109. The van der Waals surface area contributed by atoms with Gasteiger partial charge in [0.25, 0.3) is 5.56 Å². The molecule has 0 fully saturated rings. The third-order valence-electron chi connectivity index (χ3n) is 8.94. The van der Waals surface area contributed by atoms with E-state index in [4.69, 9.17) is 35.6 Å². The Kier molecular flexibility index (Phi) is 13.0. The number of amides is 1. The summed E-state index contributed by atoms with van der Waals surface area (Å²) >= 11 is 6.69. The molecule has 15 heteroatoms. The first-order valence-electron chi connectivity index (χ1n) is 18.3. The van der Waals surface area contributed by atoms with Gasteiger partial charge in [-0.15, -0.1) is 0 Å². The number of rotatable bonds is 13. The SMILES string of the molecule is CCOC(=O)c1nn(-c2cnc(N(C)C(=O)OC(C)(C)C)nc2OC)c(C(C)C)c1C(Cc1cc(Cl)cn(Cc2ccc(OC)cc2)c1=O)c1ccc(C#N)cc1. The molecule has 0 radical (unpaired) electrons. The molecular formula is C42H46ClN7O7. The van der Waals surface area contributed by atoms with Gasteiger partial charge in [0.05, 0.1) is 55.9 Å². The molecule has 298 valence electrons. The normalized spacial score (nSPS) is 11.8. The first kappa shape index (κ1) is 42.0. The summed E-state index contributed by atoms with van der Waals surface area (Å²) in [5.41, 5.74) is 2.73. The molecule has 2 aromatic carbocycles. The minimum Gasteiger partial charge on any atom is -0.497 e. The summed E-state index contributed by atoms with van der Waals surface area (Å²) in [5, 5.41) is 14.8. The first-order chi connectivity index (χ1) is 27.1. The Balaban J connectivity index is 1.72. The molecule has 1 unspecified atom stereocenters. The van der Waals surface area contributed by atoms with Crippen molar-refractivity contribution in [2.24, 2.45) is 0 Å². The standard InChI is InChI=1S/C42H46ClN7O7/c1-10-56-39(52)35-34(36(25(2)3)50(47-35)33-22-45-40(46-37(33)55-9)48(7)41(53)57-42(4,5)6)32(28-15-11-26(21-44)12-16-28)20-29-19-30(43)24-49(38(29)51)23-27-13-17-31(54-8)18-14-27/h11-19,22,24-25,32H,10,20,23H2,1-9H3. The van der Waals surface area contributed by atoms with Crippen LogP contribution in [0.3, 0.4) is 0 Å². The fourth-order valence-electron chi connectivity index (χ4n) is 6.34. The van der Waals surface area contributed by atoms with E-state index in [2.05, 4.69) is 16.0 Å². The summed E-state index contributed by atoms with van der Waals surface area (Å²) in [7, 11) is 4.49. The predicted molar refractivity (Wildman–Crippen MR) is 215 cm³/mol. The predicted octanol–water partition coefficient (Wildman–Crippen LogP) is 7.46. The molecule has 14 nitrogen and oxygen atoms in total. The summed E-state index contributed by atoms with van der Waals surface area (Å²) in [5.74, 6) is -0.875. The first-order valence-corrected chi connectivity index (χ1v) is 18.7. The molecule has 57 heavy (non-hydrogen) atoms. The maximum Gasteiger partial charge on any atom is 0.416 e. The zero-order chi connectivity index (χ0) is 41.6. The lowest BCUT2D eigenvalue weighted by molar-refractivity contribution is 0.0515. The van der Waals surface area contributed by atoms with E-state index in [1.54, 1.807) is 80.6 Å². The second-order valence-corrected chi connectivity index (χ2v) is 14.9. The van der Waals surface area contributed by atoms with E-state index in [9.17, 15) is 19.6 Å². The Morgan fingerprint density at radius 2 is 1.72 bits per heavy atom. The maximum absolute atomic E-state index is 14.3. The van der Waals surface area contributed by atoms with Gasteiger partial charge in [0.1, 0.15) is 17.0 Å². The molecule has 3 heterocycles. The van der Waals surface area contributed by atoms with Gasteiger partial charge in [0, 0.05) is 30.3 Å². The van der Waals surface area contributed by atoms with Crippen LogP contribution in [0.4, 0.5) is 10.7 Å². The van der Waals surface area contributed by atoms with Gasteiger partial charge < -0.3 is 23.5 Å². The van der Waals surface area contributed by atoms with Crippen molar-refractivity contribution in [3.8, 4) is 23.4 Å². The fraction of sp³-hybridized carbons (Fsp3) is 0.357. The number of nitrogens with zero attached hydrogens (tertiary/aromatic N) is 7. The van der Waals surface area contributed by atoms with Gasteiger partial charge >= 0.3 is 12.1 Å². The van der Waals surface area contributed by atoms with Crippen molar-refractivity contribution in [1.29, 1.82) is 5.26 Å². The number of benzene rings is 2. The largest absolute Gasteiger partial charge is 0.497 e. The van der Waals surface area contributed by atoms with Crippen molar-refractivity contribution in [2.45, 2.75) is 71.9 Å². The summed E-state index contributed by atoms with van der Waals surface area (Å²) in [6, 6.07) is 18.1. The number of anilines is 1. The van der Waals surface area contributed by atoms with E-state index >= 15 is 0 Å². The van der Waals surface area contributed by atoms with E-state index in [0.717, 1.165) is 10.5 Å². The number of aromatic nitrogens is 5. The average Bonchev–Trinajstić information content (AvgIpc) is 3.58. The lowest BCUT2D eigenvalue weighted by Gasteiger charge is -2.24. The van der Waals surface area contributed by atoms with Gasteiger partial charge in [-0.25, -0.2) is 24.2 Å².